The molecule has 0 bridgehead atoms. The van der Waals surface area contributed by atoms with Gasteiger partial charge in [-0.3, -0.25) is 0 Å². The van der Waals surface area contributed by atoms with E-state index < -0.39 is 15.8 Å². The van der Waals surface area contributed by atoms with Crippen molar-refractivity contribution in [2.75, 3.05) is 6.54 Å². The number of rotatable bonds is 5. The highest BCUT2D eigenvalue weighted by Crippen LogP contribution is 2.30. The molecule has 21 heavy (non-hydrogen) atoms. The van der Waals surface area contributed by atoms with Gasteiger partial charge in [-0.1, -0.05) is 26.2 Å². The third-order valence-corrected chi connectivity index (χ3v) is 6.51. The molecule has 6 heteroatoms. The number of hydrogen-bond acceptors (Lipinski definition) is 2. The molecule has 0 radical (unpaired) electrons. The SMILES string of the molecule is CC1CCCC(CCNS(=O)(=O)c2ccc(F)cc2Br)C1. The third-order valence-electron chi connectivity index (χ3n) is 4.07. The Morgan fingerprint density at radius 3 is 2.81 bits per heavy atom. The molecule has 1 aliphatic rings. The molecule has 1 aromatic carbocycles. The summed E-state index contributed by atoms with van der Waals surface area (Å²) in [7, 11) is -3.59. The van der Waals surface area contributed by atoms with E-state index in [0.29, 0.717) is 12.5 Å². The Bertz CT molecular complexity index is 591. The van der Waals surface area contributed by atoms with Gasteiger partial charge in [0.2, 0.25) is 10.0 Å². The second kappa shape index (κ2) is 7.20. The van der Waals surface area contributed by atoms with Crippen molar-refractivity contribution in [3.63, 3.8) is 0 Å². The van der Waals surface area contributed by atoms with Crippen molar-refractivity contribution in [2.24, 2.45) is 11.8 Å². The van der Waals surface area contributed by atoms with Gasteiger partial charge in [-0.2, -0.15) is 0 Å². The van der Waals surface area contributed by atoms with Gasteiger partial charge in [0.05, 0.1) is 4.90 Å². The lowest BCUT2D eigenvalue weighted by Gasteiger charge is -2.26. The summed E-state index contributed by atoms with van der Waals surface area (Å²) in [6, 6.07) is 3.60. The van der Waals surface area contributed by atoms with Crippen LogP contribution in [-0.4, -0.2) is 15.0 Å². The lowest BCUT2D eigenvalue weighted by molar-refractivity contribution is 0.271. The predicted molar refractivity (Wildman–Crippen MR) is 85.0 cm³/mol. The molecule has 0 heterocycles. The quantitative estimate of drug-likeness (QED) is 0.839. The molecule has 0 aromatic heterocycles. The molecule has 2 unspecified atom stereocenters. The van der Waals surface area contributed by atoms with Crippen molar-refractivity contribution < 1.29 is 12.8 Å². The first-order valence-corrected chi connectivity index (χ1v) is 9.61. The molecule has 1 aliphatic carbocycles. The van der Waals surface area contributed by atoms with Gasteiger partial charge >= 0.3 is 0 Å². The first-order chi connectivity index (χ1) is 9.88. The van der Waals surface area contributed by atoms with Crippen LogP contribution in [0.15, 0.2) is 27.6 Å². The largest absolute Gasteiger partial charge is 0.241 e. The van der Waals surface area contributed by atoms with E-state index in [1.165, 1.54) is 31.7 Å². The molecule has 0 amide bonds. The molecule has 0 spiro atoms. The van der Waals surface area contributed by atoms with Crippen molar-refractivity contribution >= 4 is 26.0 Å². The summed E-state index contributed by atoms with van der Waals surface area (Å²) in [4.78, 5) is 0.0842. The zero-order chi connectivity index (χ0) is 15.5. The molecule has 118 valence electrons. The van der Waals surface area contributed by atoms with Crippen LogP contribution in [0.5, 0.6) is 0 Å². The summed E-state index contributed by atoms with van der Waals surface area (Å²) < 4.78 is 40.3. The van der Waals surface area contributed by atoms with E-state index in [9.17, 15) is 12.8 Å². The first kappa shape index (κ1) is 16.9. The van der Waals surface area contributed by atoms with E-state index in [-0.39, 0.29) is 9.37 Å². The minimum absolute atomic E-state index is 0.0842. The number of halogens is 2. The number of benzene rings is 1. The van der Waals surface area contributed by atoms with Crippen LogP contribution in [0.4, 0.5) is 4.39 Å². The van der Waals surface area contributed by atoms with E-state index in [0.717, 1.165) is 24.5 Å². The Balaban J connectivity index is 1.92. The summed E-state index contributed by atoms with van der Waals surface area (Å²) in [5.74, 6) is 0.886. The molecule has 2 atom stereocenters. The highest BCUT2D eigenvalue weighted by molar-refractivity contribution is 9.10. The van der Waals surface area contributed by atoms with Crippen molar-refractivity contribution in [1.29, 1.82) is 0 Å². The van der Waals surface area contributed by atoms with Crippen LogP contribution in [0.2, 0.25) is 0 Å². The van der Waals surface area contributed by atoms with Crippen LogP contribution in [-0.2, 0) is 10.0 Å². The van der Waals surface area contributed by atoms with Crippen molar-refractivity contribution in [3.8, 4) is 0 Å². The summed E-state index contributed by atoms with van der Waals surface area (Å²) in [6.45, 7) is 2.69. The van der Waals surface area contributed by atoms with Crippen LogP contribution < -0.4 is 4.72 Å². The van der Waals surface area contributed by atoms with Gasteiger partial charge in [0, 0.05) is 11.0 Å². The minimum Gasteiger partial charge on any atom is -0.211 e. The Labute approximate surface area is 134 Å². The number of sulfonamides is 1. The van der Waals surface area contributed by atoms with Gasteiger partial charge in [-0.25, -0.2) is 17.5 Å². The zero-order valence-corrected chi connectivity index (χ0v) is 14.5. The maximum atomic E-state index is 13.0. The smallest absolute Gasteiger partial charge is 0.211 e. The van der Waals surface area contributed by atoms with Gasteiger partial charge < -0.3 is 0 Å². The van der Waals surface area contributed by atoms with Crippen LogP contribution in [0.3, 0.4) is 0 Å². The Morgan fingerprint density at radius 2 is 2.14 bits per heavy atom. The average molecular weight is 378 g/mol. The second-order valence-corrected chi connectivity index (χ2v) is 8.49. The number of hydrogen-bond donors (Lipinski definition) is 1. The summed E-state index contributed by atoms with van der Waals surface area (Å²) in [5, 5.41) is 0. The monoisotopic (exact) mass is 377 g/mol. The van der Waals surface area contributed by atoms with Crippen LogP contribution in [0, 0.1) is 17.7 Å². The van der Waals surface area contributed by atoms with Gasteiger partial charge in [-0.15, -0.1) is 0 Å². The maximum Gasteiger partial charge on any atom is 0.241 e. The molecule has 1 saturated carbocycles. The van der Waals surface area contributed by atoms with Crippen molar-refractivity contribution in [1.82, 2.24) is 4.72 Å². The highest BCUT2D eigenvalue weighted by Gasteiger charge is 2.21. The molecular weight excluding hydrogens is 357 g/mol. The summed E-state index contributed by atoms with van der Waals surface area (Å²) in [5.41, 5.74) is 0. The van der Waals surface area contributed by atoms with Gasteiger partial charge in [0.1, 0.15) is 5.82 Å². The molecule has 1 N–H and O–H groups in total. The second-order valence-electron chi connectivity index (χ2n) is 5.90. The standard InChI is InChI=1S/C15H21BrFNO2S/c1-11-3-2-4-12(9-11)7-8-18-21(19,20)15-6-5-13(17)10-14(15)16/h5-6,10-12,18H,2-4,7-9H2,1H3. The van der Waals surface area contributed by atoms with Crippen molar-refractivity contribution in [3.05, 3.63) is 28.5 Å². The third kappa shape index (κ3) is 4.76. The minimum atomic E-state index is -3.59. The van der Waals surface area contributed by atoms with Crippen LogP contribution in [0.25, 0.3) is 0 Å². The molecule has 1 fully saturated rings. The van der Waals surface area contributed by atoms with Crippen LogP contribution >= 0.6 is 15.9 Å². The fraction of sp³-hybridized carbons (Fsp3) is 0.600. The first-order valence-electron chi connectivity index (χ1n) is 7.33. The van der Waals surface area contributed by atoms with E-state index in [1.807, 2.05) is 0 Å². The molecule has 3 nitrogen and oxygen atoms in total. The fourth-order valence-electron chi connectivity index (χ4n) is 2.99. The Hall–Kier alpha value is -0.460. The number of nitrogens with one attached hydrogen (secondary N) is 1. The molecular formula is C15H21BrFNO2S. The molecule has 1 aromatic rings. The molecule has 0 aliphatic heterocycles. The fourth-order valence-corrected chi connectivity index (χ4v) is 5.09. The predicted octanol–water partition coefficient (Wildman–Crippen LogP) is 4.08. The Morgan fingerprint density at radius 1 is 1.38 bits per heavy atom. The lowest BCUT2D eigenvalue weighted by Crippen LogP contribution is -2.27. The molecule has 2 rings (SSSR count). The van der Waals surface area contributed by atoms with E-state index in [2.05, 4.69) is 27.6 Å². The van der Waals surface area contributed by atoms with Gasteiger partial charge in [0.15, 0.2) is 0 Å². The average Bonchev–Trinajstić information content (AvgIpc) is 2.38. The van der Waals surface area contributed by atoms with E-state index >= 15 is 0 Å². The van der Waals surface area contributed by atoms with Gasteiger partial charge in [0.25, 0.3) is 0 Å². The Kier molecular flexibility index (Phi) is 5.80. The van der Waals surface area contributed by atoms with Crippen molar-refractivity contribution in [2.45, 2.75) is 43.9 Å². The maximum absolute atomic E-state index is 13.0. The van der Waals surface area contributed by atoms with Gasteiger partial charge in [-0.05, 0) is 58.8 Å². The summed E-state index contributed by atoms with van der Waals surface area (Å²) in [6.07, 6.45) is 5.75. The van der Waals surface area contributed by atoms with E-state index in [4.69, 9.17) is 0 Å². The zero-order valence-electron chi connectivity index (χ0n) is 12.1. The van der Waals surface area contributed by atoms with E-state index in [1.54, 1.807) is 0 Å². The topological polar surface area (TPSA) is 46.2 Å². The molecule has 0 saturated heterocycles. The normalized spacial score (nSPS) is 23.2. The van der Waals surface area contributed by atoms with Crippen LogP contribution in [0.1, 0.15) is 39.0 Å². The highest BCUT2D eigenvalue weighted by atomic mass is 79.9. The lowest BCUT2D eigenvalue weighted by atomic mass is 9.81. The summed E-state index contributed by atoms with van der Waals surface area (Å²) >= 11 is 3.10.